The number of carbonyl (C=O) groups excluding carboxylic acids is 1. The van der Waals surface area contributed by atoms with Gasteiger partial charge in [-0.1, -0.05) is 23.9 Å². The standard InChI is InChI=1S/C16H21N5OS/c17-9-14-3-1-2-8-21(14)15(22)13-6-4-12(5-7-13)10-23-16-18-11-19-20-16/h4-7,11,14H,1-3,8-10,17H2,(H,18,19,20). The summed E-state index contributed by atoms with van der Waals surface area (Å²) in [5.74, 6) is 0.883. The third-order valence-corrected chi connectivity index (χ3v) is 5.08. The Morgan fingerprint density at radius 3 is 2.87 bits per heavy atom. The molecule has 7 heteroatoms. The van der Waals surface area contributed by atoms with E-state index in [0.717, 1.165) is 47.8 Å². The van der Waals surface area contributed by atoms with E-state index < -0.39 is 0 Å². The molecular weight excluding hydrogens is 310 g/mol. The number of amides is 1. The zero-order chi connectivity index (χ0) is 16.1. The van der Waals surface area contributed by atoms with Gasteiger partial charge >= 0.3 is 0 Å². The number of carbonyl (C=O) groups is 1. The first-order valence-electron chi connectivity index (χ1n) is 7.86. The van der Waals surface area contributed by atoms with Crippen molar-refractivity contribution in [2.45, 2.75) is 36.2 Å². The average Bonchev–Trinajstić information content (AvgIpc) is 3.13. The van der Waals surface area contributed by atoms with Crippen LogP contribution in [0.1, 0.15) is 35.2 Å². The largest absolute Gasteiger partial charge is 0.334 e. The number of nitrogens with zero attached hydrogens (tertiary/aromatic N) is 3. The van der Waals surface area contributed by atoms with E-state index in [2.05, 4.69) is 15.2 Å². The first-order chi connectivity index (χ1) is 11.3. The van der Waals surface area contributed by atoms with E-state index in [1.54, 1.807) is 11.8 Å². The van der Waals surface area contributed by atoms with Crippen molar-refractivity contribution in [2.75, 3.05) is 13.1 Å². The first kappa shape index (κ1) is 16.0. The van der Waals surface area contributed by atoms with Gasteiger partial charge in [0.15, 0.2) is 5.16 Å². The van der Waals surface area contributed by atoms with Crippen molar-refractivity contribution in [1.82, 2.24) is 20.1 Å². The molecule has 1 aromatic heterocycles. The summed E-state index contributed by atoms with van der Waals surface area (Å²) in [5.41, 5.74) is 7.69. The minimum atomic E-state index is 0.0922. The number of thioether (sulfide) groups is 1. The van der Waals surface area contributed by atoms with Crippen LogP contribution >= 0.6 is 11.8 Å². The lowest BCUT2D eigenvalue weighted by atomic mass is 10.0. The van der Waals surface area contributed by atoms with E-state index in [-0.39, 0.29) is 11.9 Å². The molecule has 1 atom stereocenters. The van der Waals surface area contributed by atoms with Crippen LogP contribution < -0.4 is 5.73 Å². The summed E-state index contributed by atoms with van der Waals surface area (Å²) >= 11 is 1.59. The SMILES string of the molecule is NCC1CCCCN1C(=O)c1ccc(CSc2ncn[nH]2)cc1. The minimum Gasteiger partial charge on any atom is -0.334 e. The molecule has 0 bridgehead atoms. The van der Waals surface area contributed by atoms with E-state index in [0.29, 0.717) is 6.54 Å². The van der Waals surface area contributed by atoms with Crippen LogP contribution in [0.4, 0.5) is 0 Å². The van der Waals surface area contributed by atoms with Crippen LogP contribution in [0.25, 0.3) is 0 Å². The second-order valence-corrected chi connectivity index (χ2v) is 6.62. The van der Waals surface area contributed by atoms with Crippen molar-refractivity contribution in [3.05, 3.63) is 41.7 Å². The van der Waals surface area contributed by atoms with Gasteiger partial charge in [0.25, 0.3) is 5.91 Å². The molecule has 1 amide bonds. The first-order valence-corrected chi connectivity index (χ1v) is 8.84. The Hall–Kier alpha value is -1.86. The number of likely N-dealkylation sites (tertiary alicyclic amines) is 1. The van der Waals surface area contributed by atoms with Crippen LogP contribution in [0.2, 0.25) is 0 Å². The number of nitrogens with one attached hydrogen (secondary N) is 1. The topological polar surface area (TPSA) is 87.9 Å². The fourth-order valence-electron chi connectivity index (χ4n) is 2.84. The van der Waals surface area contributed by atoms with Gasteiger partial charge in [0.1, 0.15) is 6.33 Å². The second kappa shape index (κ2) is 7.61. The van der Waals surface area contributed by atoms with Gasteiger partial charge in [-0.25, -0.2) is 4.98 Å². The van der Waals surface area contributed by atoms with E-state index in [9.17, 15) is 4.79 Å². The van der Waals surface area contributed by atoms with Crippen LogP contribution in [0.5, 0.6) is 0 Å². The zero-order valence-electron chi connectivity index (χ0n) is 12.9. The fourth-order valence-corrected chi connectivity index (χ4v) is 3.57. The van der Waals surface area contributed by atoms with E-state index in [1.165, 1.54) is 6.33 Å². The highest BCUT2D eigenvalue weighted by atomic mass is 32.2. The number of hydrogen-bond acceptors (Lipinski definition) is 5. The molecule has 2 heterocycles. The van der Waals surface area contributed by atoms with Gasteiger partial charge in [-0.3, -0.25) is 9.89 Å². The summed E-state index contributed by atoms with van der Waals surface area (Å²) in [5, 5.41) is 7.44. The Morgan fingerprint density at radius 1 is 1.35 bits per heavy atom. The van der Waals surface area contributed by atoms with E-state index >= 15 is 0 Å². The normalized spacial score (nSPS) is 18.1. The quantitative estimate of drug-likeness (QED) is 0.819. The highest BCUT2D eigenvalue weighted by Gasteiger charge is 2.26. The monoisotopic (exact) mass is 331 g/mol. The Morgan fingerprint density at radius 2 is 2.17 bits per heavy atom. The lowest BCUT2D eigenvalue weighted by Gasteiger charge is -2.35. The maximum absolute atomic E-state index is 12.7. The Labute approximate surface area is 139 Å². The van der Waals surface area contributed by atoms with Crippen LogP contribution in [0.3, 0.4) is 0 Å². The number of aromatic amines is 1. The summed E-state index contributed by atoms with van der Waals surface area (Å²) in [4.78, 5) is 18.7. The molecule has 0 spiro atoms. The third-order valence-electron chi connectivity index (χ3n) is 4.13. The molecule has 1 fully saturated rings. The maximum atomic E-state index is 12.7. The van der Waals surface area contributed by atoms with Gasteiger partial charge in [0.2, 0.25) is 0 Å². The van der Waals surface area contributed by atoms with Crippen molar-refractivity contribution < 1.29 is 4.79 Å². The molecule has 3 rings (SSSR count). The number of rotatable bonds is 5. The summed E-state index contributed by atoms with van der Waals surface area (Å²) in [6, 6.07) is 7.98. The van der Waals surface area contributed by atoms with Crippen molar-refractivity contribution in [1.29, 1.82) is 0 Å². The molecule has 0 saturated carbocycles. The summed E-state index contributed by atoms with van der Waals surface area (Å²) in [6.07, 6.45) is 4.72. The third kappa shape index (κ3) is 3.92. The molecule has 1 aliphatic heterocycles. The maximum Gasteiger partial charge on any atom is 0.254 e. The van der Waals surface area contributed by atoms with Gasteiger partial charge in [-0.2, -0.15) is 5.10 Å². The Kier molecular flexibility index (Phi) is 5.30. The lowest BCUT2D eigenvalue weighted by Crippen LogP contribution is -2.47. The summed E-state index contributed by atoms with van der Waals surface area (Å²) in [7, 11) is 0. The number of H-pyrrole nitrogens is 1. The van der Waals surface area contributed by atoms with Gasteiger partial charge in [-0.15, -0.1) is 0 Å². The molecule has 1 aliphatic rings. The zero-order valence-corrected chi connectivity index (χ0v) is 13.8. The molecule has 1 saturated heterocycles. The highest BCUT2D eigenvalue weighted by molar-refractivity contribution is 7.98. The molecule has 3 N–H and O–H groups in total. The molecule has 23 heavy (non-hydrogen) atoms. The smallest absolute Gasteiger partial charge is 0.254 e. The molecule has 6 nitrogen and oxygen atoms in total. The number of nitrogens with two attached hydrogens (primary N) is 1. The van der Waals surface area contributed by atoms with Crippen LogP contribution in [-0.4, -0.2) is 45.1 Å². The Bertz CT molecular complexity index is 628. The number of piperidine rings is 1. The van der Waals surface area contributed by atoms with E-state index in [4.69, 9.17) is 5.73 Å². The van der Waals surface area contributed by atoms with Crippen molar-refractivity contribution >= 4 is 17.7 Å². The predicted molar refractivity (Wildman–Crippen MR) is 90.1 cm³/mol. The van der Waals surface area contributed by atoms with Crippen molar-refractivity contribution in [3.8, 4) is 0 Å². The molecule has 0 radical (unpaired) electrons. The minimum absolute atomic E-state index is 0.0922. The predicted octanol–water partition coefficient (Wildman–Crippen LogP) is 2.05. The van der Waals surface area contributed by atoms with Crippen LogP contribution in [0, 0.1) is 0 Å². The lowest BCUT2D eigenvalue weighted by molar-refractivity contribution is 0.0623. The van der Waals surface area contributed by atoms with Gasteiger partial charge in [0.05, 0.1) is 0 Å². The Balaban J connectivity index is 1.62. The van der Waals surface area contributed by atoms with Crippen LogP contribution in [-0.2, 0) is 5.75 Å². The van der Waals surface area contributed by atoms with Gasteiger partial charge in [0, 0.05) is 30.4 Å². The summed E-state index contributed by atoms with van der Waals surface area (Å²) in [6.45, 7) is 1.35. The number of benzene rings is 1. The molecule has 0 aliphatic carbocycles. The van der Waals surface area contributed by atoms with Crippen molar-refractivity contribution in [3.63, 3.8) is 0 Å². The fraction of sp³-hybridized carbons (Fsp3) is 0.438. The average molecular weight is 331 g/mol. The van der Waals surface area contributed by atoms with Gasteiger partial charge in [-0.05, 0) is 37.0 Å². The van der Waals surface area contributed by atoms with Crippen molar-refractivity contribution in [2.24, 2.45) is 5.73 Å². The molecule has 1 unspecified atom stereocenters. The van der Waals surface area contributed by atoms with E-state index in [1.807, 2.05) is 29.2 Å². The second-order valence-electron chi connectivity index (χ2n) is 5.66. The molecular formula is C16H21N5OS. The molecule has 1 aromatic carbocycles. The number of hydrogen-bond donors (Lipinski definition) is 2. The molecule has 122 valence electrons. The van der Waals surface area contributed by atoms with Crippen LogP contribution in [0.15, 0.2) is 35.7 Å². The molecule has 2 aromatic rings. The van der Waals surface area contributed by atoms with Gasteiger partial charge < -0.3 is 10.6 Å². The highest BCUT2D eigenvalue weighted by Crippen LogP contribution is 2.21. The summed E-state index contributed by atoms with van der Waals surface area (Å²) < 4.78 is 0. The number of aromatic nitrogens is 3.